The zero-order chi connectivity index (χ0) is 20.5. The summed E-state index contributed by atoms with van der Waals surface area (Å²) in [4.78, 5) is 0.599. The second-order valence-electron chi connectivity index (χ2n) is 6.10. The molecule has 0 heterocycles. The number of ether oxygens (including phenoxy) is 2. The van der Waals surface area contributed by atoms with Crippen LogP contribution in [0.3, 0.4) is 0 Å². The Morgan fingerprint density at radius 2 is 1.64 bits per heavy atom. The summed E-state index contributed by atoms with van der Waals surface area (Å²) in [6.45, 7) is 0. The number of methoxy groups -OCH3 is 2. The first kappa shape index (κ1) is 20.8. The highest BCUT2D eigenvalue weighted by atomic mass is 32.2. The van der Waals surface area contributed by atoms with Gasteiger partial charge in [0.15, 0.2) is 0 Å². The Morgan fingerprint density at radius 3 is 2.21 bits per heavy atom. The molecule has 2 atom stereocenters. The molecule has 0 saturated carbocycles. The van der Waals surface area contributed by atoms with E-state index in [1.54, 1.807) is 42.5 Å². The molecule has 1 N–H and O–H groups in total. The van der Waals surface area contributed by atoms with Crippen molar-refractivity contribution in [3.05, 3.63) is 53.6 Å². The summed E-state index contributed by atoms with van der Waals surface area (Å²) in [7, 11) is -2.55. The largest absolute Gasteiger partial charge is 0.511 e. The van der Waals surface area contributed by atoms with Gasteiger partial charge in [-0.25, -0.2) is 8.42 Å². The summed E-state index contributed by atoms with van der Waals surface area (Å²) in [6.07, 6.45) is 0.396. The number of benzene rings is 2. The molecular weight excluding hydrogens is 415 g/mol. The second kappa shape index (κ2) is 7.84. The summed E-state index contributed by atoms with van der Waals surface area (Å²) in [5.41, 5.74) is -4.06. The van der Waals surface area contributed by atoms with Crippen molar-refractivity contribution in [2.45, 2.75) is 28.1 Å². The Hall–Kier alpha value is -1.91. The topological polar surface area (TPSA) is 64.6 Å². The molecule has 2 unspecified atom stereocenters. The lowest BCUT2D eigenvalue weighted by Crippen LogP contribution is -2.40. The summed E-state index contributed by atoms with van der Waals surface area (Å²) in [6, 6.07) is 11.0. The van der Waals surface area contributed by atoms with E-state index in [2.05, 4.69) is 0 Å². The molecule has 1 aliphatic carbocycles. The molecule has 0 aliphatic heterocycles. The summed E-state index contributed by atoms with van der Waals surface area (Å²) in [5, 5.41) is -0.514. The third-order valence-electron chi connectivity index (χ3n) is 4.42. The normalized spacial score (nSPS) is 19.3. The van der Waals surface area contributed by atoms with Crippen LogP contribution < -0.4 is 14.2 Å². The number of sulfonamides is 1. The lowest BCUT2D eigenvalue weighted by molar-refractivity contribution is -0.0450. The average Bonchev–Trinajstić information content (AvgIpc) is 2.98. The highest BCUT2D eigenvalue weighted by Gasteiger charge is 2.49. The van der Waals surface area contributed by atoms with Crippen LogP contribution in [0.15, 0.2) is 47.4 Å². The van der Waals surface area contributed by atoms with Crippen LogP contribution in [-0.2, 0) is 16.4 Å². The third-order valence-corrected chi connectivity index (χ3v) is 6.98. The fourth-order valence-electron chi connectivity index (χ4n) is 3.13. The number of thioether (sulfide) groups is 1. The molecule has 1 aliphatic rings. The first-order valence-corrected chi connectivity index (χ1v) is 10.6. The fourth-order valence-corrected chi connectivity index (χ4v) is 5.42. The lowest BCUT2D eigenvalue weighted by atomic mass is 10.1. The minimum atomic E-state index is -5.51. The van der Waals surface area contributed by atoms with Gasteiger partial charge in [-0.15, -0.1) is 11.8 Å². The molecule has 5 nitrogen and oxygen atoms in total. The number of rotatable bonds is 6. The van der Waals surface area contributed by atoms with E-state index in [0.717, 1.165) is 5.56 Å². The quantitative estimate of drug-likeness (QED) is 0.749. The minimum Gasteiger partial charge on any atom is -0.495 e. The molecule has 152 valence electrons. The van der Waals surface area contributed by atoms with E-state index in [9.17, 15) is 21.6 Å². The molecule has 0 aromatic heterocycles. The third kappa shape index (κ3) is 3.94. The van der Waals surface area contributed by atoms with Gasteiger partial charge in [0, 0.05) is 5.25 Å². The SMILES string of the molecule is COc1cccc(OC)c1SC1Cc2ccccc2C1NS(=O)(=O)C(F)(F)F. The van der Waals surface area contributed by atoms with E-state index in [-0.39, 0.29) is 0 Å². The van der Waals surface area contributed by atoms with Crippen LogP contribution in [0.1, 0.15) is 17.2 Å². The van der Waals surface area contributed by atoms with Crippen LogP contribution >= 0.6 is 11.8 Å². The number of hydrogen-bond donors (Lipinski definition) is 1. The Labute approximate surface area is 165 Å². The van der Waals surface area contributed by atoms with Gasteiger partial charge < -0.3 is 9.47 Å². The van der Waals surface area contributed by atoms with Gasteiger partial charge in [0.05, 0.1) is 25.2 Å². The molecule has 0 amide bonds. The maximum atomic E-state index is 13.0. The van der Waals surface area contributed by atoms with Crippen molar-refractivity contribution in [1.82, 2.24) is 4.72 Å². The highest BCUT2D eigenvalue weighted by molar-refractivity contribution is 8.00. The van der Waals surface area contributed by atoms with Crippen molar-refractivity contribution in [3.8, 4) is 11.5 Å². The number of nitrogens with one attached hydrogen (secondary N) is 1. The lowest BCUT2D eigenvalue weighted by Gasteiger charge is -2.23. The zero-order valence-corrected chi connectivity index (χ0v) is 16.6. The van der Waals surface area contributed by atoms with Crippen LogP contribution in [0, 0.1) is 0 Å². The summed E-state index contributed by atoms with van der Waals surface area (Å²) >= 11 is 1.23. The standard InChI is InChI=1S/C18H18F3NO4S2/c1-25-13-8-5-9-14(26-2)17(13)27-15-10-11-6-3-4-7-12(11)16(15)22-28(23,24)18(19,20)21/h3-9,15-16,22H,10H2,1-2H3. The maximum absolute atomic E-state index is 13.0. The van der Waals surface area contributed by atoms with Crippen LogP contribution in [0.5, 0.6) is 11.5 Å². The van der Waals surface area contributed by atoms with Gasteiger partial charge in [0.2, 0.25) is 0 Å². The molecule has 2 aromatic carbocycles. The van der Waals surface area contributed by atoms with Gasteiger partial charge in [-0.3, -0.25) is 0 Å². The molecule has 0 bridgehead atoms. The molecule has 0 saturated heterocycles. The van der Waals surface area contributed by atoms with E-state index in [0.29, 0.717) is 28.4 Å². The second-order valence-corrected chi connectivity index (χ2v) is 9.05. The predicted octanol–water partition coefficient (Wildman–Crippen LogP) is 3.90. The smallest absolute Gasteiger partial charge is 0.495 e. The molecule has 2 aromatic rings. The zero-order valence-electron chi connectivity index (χ0n) is 15.0. The van der Waals surface area contributed by atoms with E-state index in [4.69, 9.17) is 9.47 Å². The van der Waals surface area contributed by atoms with Crippen molar-refractivity contribution < 1.29 is 31.1 Å². The van der Waals surface area contributed by atoms with Gasteiger partial charge in [0.1, 0.15) is 11.5 Å². The van der Waals surface area contributed by atoms with Crippen molar-refractivity contribution in [1.29, 1.82) is 0 Å². The maximum Gasteiger partial charge on any atom is 0.511 e. The first-order chi connectivity index (χ1) is 13.2. The van der Waals surface area contributed by atoms with E-state index in [1.807, 2.05) is 4.72 Å². The van der Waals surface area contributed by atoms with Crippen molar-refractivity contribution in [2.75, 3.05) is 14.2 Å². The predicted molar refractivity (Wildman–Crippen MR) is 100 cm³/mol. The summed E-state index contributed by atoms with van der Waals surface area (Å²) < 4.78 is 74.9. The van der Waals surface area contributed by atoms with Gasteiger partial charge in [0.25, 0.3) is 0 Å². The minimum absolute atomic E-state index is 0.396. The highest BCUT2D eigenvalue weighted by Crippen LogP contribution is 2.47. The molecule has 0 spiro atoms. The molecular formula is C18H18F3NO4S2. The first-order valence-electron chi connectivity index (χ1n) is 8.22. The van der Waals surface area contributed by atoms with Gasteiger partial charge in [-0.1, -0.05) is 30.3 Å². The summed E-state index contributed by atoms with van der Waals surface area (Å²) in [5.74, 6) is 0.996. The van der Waals surface area contributed by atoms with E-state index >= 15 is 0 Å². The molecule has 0 radical (unpaired) electrons. The van der Waals surface area contributed by atoms with Crippen LogP contribution in [0.2, 0.25) is 0 Å². The van der Waals surface area contributed by atoms with Gasteiger partial charge in [-0.05, 0) is 29.7 Å². The van der Waals surface area contributed by atoms with Crippen molar-refractivity contribution in [3.63, 3.8) is 0 Å². The van der Waals surface area contributed by atoms with Gasteiger partial charge >= 0.3 is 15.5 Å². The van der Waals surface area contributed by atoms with Crippen LogP contribution in [-0.4, -0.2) is 33.4 Å². The Bertz CT molecular complexity index is 941. The number of fused-ring (bicyclic) bond motifs is 1. The number of hydrogen-bond acceptors (Lipinski definition) is 5. The fraction of sp³-hybridized carbons (Fsp3) is 0.333. The van der Waals surface area contributed by atoms with Crippen molar-refractivity contribution in [2.24, 2.45) is 0 Å². The number of halogens is 3. The molecule has 3 rings (SSSR count). The van der Waals surface area contributed by atoms with Crippen LogP contribution in [0.25, 0.3) is 0 Å². The molecule has 0 fully saturated rings. The Kier molecular flexibility index (Phi) is 5.83. The monoisotopic (exact) mass is 433 g/mol. The average molecular weight is 433 g/mol. The van der Waals surface area contributed by atoms with E-state index < -0.39 is 26.8 Å². The molecule has 10 heteroatoms. The Morgan fingerprint density at radius 1 is 1.04 bits per heavy atom. The van der Waals surface area contributed by atoms with E-state index in [1.165, 1.54) is 26.0 Å². The molecule has 28 heavy (non-hydrogen) atoms. The Balaban J connectivity index is 1.99. The number of alkyl halides is 3. The van der Waals surface area contributed by atoms with Gasteiger partial charge in [-0.2, -0.15) is 17.9 Å². The van der Waals surface area contributed by atoms with Crippen molar-refractivity contribution >= 4 is 21.8 Å². The van der Waals surface area contributed by atoms with Crippen LogP contribution in [0.4, 0.5) is 13.2 Å².